The first-order valence-corrected chi connectivity index (χ1v) is 5.12. The first kappa shape index (κ1) is 14.5. The number of halogens is 2. The Balaban J connectivity index is 0.00000169. The van der Waals surface area contributed by atoms with E-state index in [4.69, 9.17) is 28.3 Å². The van der Waals surface area contributed by atoms with Gasteiger partial charge in [-0.3, -0.25) is 0 Å². The summed E-state index contributed by atoms with van der Waals surface area (Å²) in [4.78, 5) is -0.815. The third-order valence-electron chi connectivity index (χ3n) is 1.26. The zero-order valence-corrected chi connectivity index (χ0v) is 11.3. The molecule has 14 heavy (non-hydrogen) atoms. The van der Waals surface area contributed by atoms with Gasteiger partial charge in [-0.2, -0.15) is 0 Å². The van der Waals surface area contributed by atoms with Crippen LogP contribution in [-0.2, 0) is 10.1 Å². The predicted molar refractivity (Wildman–Crippen MR) is 46.1 cm³/mol. The Labute approximate surface area is 113 Å². The molecule has 0 saturated carbocycles. The molecule has 0 saturated heterocycles. The van der Waals surface area contributed by atoms with Crippen LogP contribution in [0.25, 0.3) is 0 Å². The molecule has 8 heteroatoms. The summed E-state index contributed by atoms with van der Waals surface area (Å²) in [6, 6.07) is 1.97. The maximum absolute atomic E-state index is 10.5. The van der Waals surface area contributed by atoms with Gasteiger partial charge in [-0.05, 0) is 12.1 Å². The molecule has 1 aromatic rings. The van der Waals surface area contributed by atoms with Crippen molar-refractivity contribution in [1.82, 2.24) is 0 Å². The Morgan fingerprint density at radius 3 is 2.21 bits per heavy atom. The first-order valence-electron chi connectivity index (χ1n) is 2.96. The van der Waals surface area contributed by atoms with Gasteiger partial charge in [0.15, 0.2) is 5.75 Å². The third kappa shape index (κ3) is 3.27. The zero-order valence-electron chi connectivity index (χ0n) is 6.99. The molecule has 0 unspecified atom stereocenters. The molecule has 0 aliphatic heterocycles. The molecule has 0 spiro atoms. The summed E-state index contributed by atoms with van der Waals surface area (Å²) in [6.45, 7) is 0. The van der Waals surface area contributed by atoms with E-state index in [1.807, 2.05) is 0 Å². The van der Waals surface area contributed by atoms with E-state index in [1.165, 1.54) is 0 Å². The summed E-state index contributed by atoms with van der Waals surface area (Å²) in [5, 5.41) is 8.78. The van der Waals surface area contributed by atoms with Crippen LogP contribution < -0.4 is 29.6 Å². The Kier molecular flexibility index (Phi) is 5.21. The summed E-state index contributed by atoms with van der Waals surface area (Å²) in [5.74, 6) is -0.777. The average molecular weight is 265 g/mol. The average Bonchev–Trinajstić information content (AvgIpc) is 1.94. The SMILES string of the molecule is O=S(=O)([O-])c1cc(Cl)cc(Cl)c1O.[Na+]. The number of phenolic OH excluding ortho intramolecular Hbond substituents is 1. The molecule has 4 nitrogen and oxygen atoms in total. The van der Waals surface area contributed by atoms with E-state index >= 15 is 0 Å². The van der Waals surface area contributed by atoms with Crippen molar-refractivity contribution in [2.24, 2.45) is 0 Å². The van der Waals surface area contributed by atoms with Crippen LogP contribution in [0.15, 0.2) is 17.0 Å². The van der Waals surface area contributed by atoms with Crippen LogP contribution in [0.3, 0.4) is 0 Å². The van der Waals surface area contributed by atoms with Crippen molar-refractivity contribution >= 4 is 33.3 Å². The Morgan fingerprint density at radius 2 is 1.79 bits per heavy atom. The van der Waals surface area contributed by atoms with E-state index in [0.717, 1.165) is 12.1 Å². The summed E-state index contributed by atoms with van der Waals surface area (Å²) in [6.07, 6.45) is 0. The molecular weight excluding hydrogens is 262 g/mol. The standard InChI is InChI=1S/C6H4Cl2O4S.Na/c7-3-1-4(8)6(9)5(2-3)13(10,11)12;/h1-2,9H,(H,10,11,12);/q;+1/p-1. The van der Waals surface area contributed by atoms with Gasteiger partial charge in [-0.25, -0.2) is 8.42 Å². The number of phenols is 1. The first-order chi connectivity index (χ1) is 5.82. The van der Waals surface area contributed by atoms with Gasteiger partial charge < -0.3 is 9.66 Å². The fourth-order valence-corrected chi connectivity index (χ4v) is 1.97. The predicted octanol–water partition coefficient (Wildman–Crippen LogP) is -1.39. The minimum absolute atomic E-state index is 0. The second kappa shape index (κ2) is 5.03. The smallest absolute Gasteiger partial charge is 0.744 e. The van der Waals surface area contributed by atoms with E-state index in [9.17, 15) is 13.0 Å². The van der Waals surface area contributed by atoms with Crippen molar-refractivity contribution in [3.63, 3.8) is 0 Å². The van der Waals surface area contributed by atoms with Gasteiger partial charge in [-0.1, -0.05) is 23.2 Å². The number of benzene rings is 1. The number of hydrogen-bond acceptors (Lipinski definition) is 4. The van der Waals surface area contributed by atoms with Crippen molar-refractivity contribution in [3.05, 3.63) is 22.2 Å². The molecule has 1 N–H and O–H groups in total. The van der Waals surface area contributed by atoms with Gasteiger partial charge in [0.2, 0.25) is 0 Å². The van der Waals surface area contributed by atoms with Crippen LogP contribution in [0.5, 0.6) is 5.75 Å². The third-order valence-corrected chi connectivity index (χ3v) is 2.62. The molecule has 0 aliphatic carbocycles. The number of rotatable bonds is 1. The van der Waals surface area contributed by atoms with Crippen molar-refractivity contribution in [2.75, 3.05) is 0 Å². The molecule has 0 fully saturated rings. The molecule has 72 valence electrons. The number of hydrogen-bond donors (Lipinski definition) is 1. The van der Waals surface area contributed by atoms with Crippen LogP contribution in [-0.4, -0.2) is 18.1 Å². The maximum Gasteiger partial charge on any atom is 1.00 e. The Morgan fingerprint density at radius 1 is 1.29 bits per heavy atom. The molecule has 0 bridgehead atoms. The van der Waals surface area contributed by atoms with Crippen molar-refractivity contribution in [3.8, 4) is 5.75 Å². The van der Waals surface area contributed by atoms with Gasteiger partial charge in [0.05, 0.1) is 9.92 Å². The molecule has 0 aromatic heterocycles. The van der Waals surface area contributed by atoms with Gasteiger partial charge >= 0.3 is 29.6 Å². The largest absolute Gasteiger partial charge is 1.00 e. The molecule has 1 aromatic carbocycles. The van der Waals surface area contributed by atoms with Crippen LogP contribution in [0.2, 0.25) is 10.0 Å². The quantitative estimate of drug-likeness (QED) is 0.501. The molecule has 0 radical (unpaired) electrons. The molecule has 0 atom stereocenters. The van der Waals surface area contributed by atoms with Crippen LogP contribution in [0.1, 0.15) is 0 Å². The van der Waals surface area contributed by atoms with Crippen LogP contribution in [0, 0.1) is 0 Å². The van der Waals surface area contributed by atoms with Gasteiger partial charge in [0.25, 0.3) is 0 Å². The fraction of sp³-hybridized carbons (Fsp3) is 0. The maximum atomic E-state index is 10.5. The Hall–Kier alpha value is 0.510. The molecular formula is C6H3Cl2NaO4S. The van der Waals surface area contributed by atoms with Crippen LogP contribution >= 0.6 is 23.2 Å². The second-order valence-corrected chi connectivity index (χ2v) is 4.38. The van der Waals surface area contributed by atoms with E-state index in [-0.39, 0.29) is 39.6 Å². The molecule has 1 rings (SSSR count). The normalized spacial score (nSPS) is 10.8. The van der Waals surface area contributed by atoms with Gasteiger partial charge in [-0.15, -0.1) is 0 Å². The van der Waals surface area contributed by atoms with E-state index in [2.05, 4.69) is 0 Å². The van der Waals surface area contributed by atoms with Crippen molar-refractivity contribution in [2.45, 2.75) is 4.90 Å². The fourth-order valence-electron chi connectivity index (χ4n) is 0.733. The van der Waals surface area contributed by atoms with Gasteiger partial charge in [0, 0.05) is 5.02 Å². The minimum atomic E-state index is -4.75. The van der Waals surface area contributed by atoms with E-state index < -0.39 is 20.8 Å². The van der Waals surface area contributed by atoms with Crippen LogP contribution in [0.4, 0.5) is 0 Å². The summed E-state index contributed by atoms with van der Waals surface area (Å²) < 4.78 is 31.6. The minimum Gasteiger partial charge on any atom is -0.744 e. The van der Waals surface area contributed by atoms with Gasteiger partial charge in [0.1, 0.15) is 10.1 Å². The number of aromatic hydroxyl groups is 1. The summed E-state index contributed by atoms with van der Waals surface area (Å²) >= 11 is 10.8. The van der Waals surface area contributed by atoms with Crippen molar-refractivity contribution in [1.29, 1.82) is 0 Å². The Bertz CT molecular complexity index is 445. The molecule has 0 amide bonds. The second-order valence-electron chi connectivity index (χ2n) is 2.19. The van der Waals surface area contributed by atoms with E-state index in [1.54, 1.807) is 0 Å². The zero-order chi connectivity index (χ0) is 10.2. The topological polar surface area (TPSA) is 77.4 Å². The monoisotopic (exact) mass is 264 g/mol. The molecule has 0 aliphatic rings. The van der Waals surface area contributed by atoms with Crippen molar-refractivity contribution < 1.29 is 47.6 Å². The summed E-state index contributed by atoms with van der Waals surface area (Å²) in [7, 11) is -4.75. The molecule has 0 heterocycles. The summed E-state index contributed by atoms with van der Waals surface area (Å²) in [5.41, 5.74) is 0. The van der Waals surface area contributed by atoms with E-state index in [0.29, 0.717) is 0 Å².